The normalized spacial score (nSPS) is 11.1. The van der Waals surface area contributed by atoms with Gasteiger partial charge in [0.15, 0.2) is 0 Å². The molecule has 0 radical (unpaired) electrons. The first-order valence-electron chi connectivity index (χ1n) is 4.75. The minimum Gasteiger partial charge on any atom is -0.493 e. The van der Waals surface area contributed by atoms with E-state index in [4.69, 9.17) is 10.6 Å². The molecular weight excluding hydrogens is 237 g/mol. The molecule has 0 saturated carbocycles. The van der Waals surface area contributed by atoms with Crippen LogP contribution in [0.2, 0.25) is 0 Å². The fraction of sp³-hybridized carbons (Fsp3) is 0.300. The Morgan fingerprint density at radius 1 is 1.47 bits per heavy atom. The number of nitrogen functional groups attached to an aromatic ring is 1. The number of carbonyl (C=O) groups is 1. The fourth-order valence-electron chi connectivity index (χ4n) is 1.24. The number of hydrogen-bond acceptors (Lipinski definition) is 3. The van der Waals surface area contributed by atoms with Gasteiger partial charge < -0.3 is 4.74 Å². The number of nitrogens with one attached hydrogen (secondary N) is 1. The molecule has 1 amide bonds. The van der Waals surface area contributed by atoms with Crippen LogP contribution in [0, 0.1) is 0 Å². The van der Waals surface area contributed by atoms with Crippen molar-refractivity contribution in [2.45, 2.75) is 13.1 Å². The van der Waals surface area contributed by atoms with E-state index in [1.54, 1.807) is 12.3 Å². The van der Waals surface area contributed by atoms with Crippen LogP contribution in [0.25, 0.3) is 0 Å². The van der Waals surface area contributed by atoms with Crippen LogP contribution in [0.15, 0.2) is 18.2 Å². The summed E-state index contributed by atoms with van der Waals surface area (Å²) in [4.78, 5) is 11.3. The molecule has 7 heteroatoms. The van der Waals surface area contributed by atoms with Crippen molar-refractivity contribution in [1.82, 2.24) is 5.43 Å². The molecule has 0 aliphatic carbocycles. The molecule has 0 aliphatic rings. The second-order valence-electron chi connectivity index (χ2n) is 3.12. The first-order chi connectivity index (χ1) is 7.90. The number of benzene rings is 1. The first-order valence-corrected chi connectivity index (χ1v) is 4.75. The molecule has 0 heterocycles. The highest BCUT2D eigenvalue weighted by Crippen LogP contribution is 2.32. The highest BCUT2D eigenvalue weighted by molar-refractivity contribution is 5.96. The molecule has 0 spiro atoms. The maximum absolute atomic E-state index is 12.4. The molecule has 0 aliphatic heterocycles. The summed E-state index contributed by atoms with van der Waals surface area (Å²) in [5.41, 5.74) is 0.595. The summed E-state index contributed by atoms with van der Waals surface area (Å²) in [7, 11) is 0. The Balaban J connectivity index is 3.24. The number of amides is 1. The molecule has 1 aromatic carbocycles. The third kappa shape index (κ3) is 3.10. The lowest BCUT2D eigenvalue weighted by Crippen LogP contribution is -2.30. The smallest absolute Gasteiger partial charge is 0.416 e. The van der Waals surface area contributed by atoms with E-state index < -0.39 is 17.6 Å². The predicted molar refractivity (Wildman–Crippen MR) is 54.3 cm³/mol. The van der Waals surface area contributed by atoms with E-state index >= 15 is 0 Å². The van der Waals surface area contributed by atoms with Crippen molar-refractivity contribution in [2.24, 2.45) is 5.84 Å². The van der Waals surface area contributed by atoms with Crippen molar-refractivity contribution in [1.29, 1.82) is 0 Å². The van der Waals surface area contributed by atoms with E-state index in [1.807, 2.05) is 0 Å². The first kappa shape index (κ1) is 13.3. The molecule has 3 N–H and O–H groups in total. The lowest BCUT2D eigenvalue weighted by Gasteiger charge is -2.12. The van der Waals surface area contributed by atoms with Crippen LogP contribution in [0.4, 0.5) is 13.2 Å². The van der Waals surface area contributed by atoms with E-state index in [1.165, 1.54) is 0 Å². The van der Waals surface area contributed by atoms with Crippen LogP contribution >= 0.6 is 0 Å². The maximum Gasteiger partial charge on any atom is 0.416 e. The second-order valence-corrected chi connectivity index (χ2v) is 3.12. The Bertz CT molecular complexity index is 419. The van der Waals surface area contributed by atoms with Crippen LogP contribution in [-0.4, -0.2) is 12.5 Å². The van der Waals surface area contributed by atoms with Gasteiger partial charge in [0, 0.05) is 0 Å². The summed E-state index contributed by atoms with van der Waals surface area (Å²) < 4.78 is 42.4. The topological polar surface area (TPSA) is 64.3 Å². The molecule has 1 aromatic rings. The lowest BCUT2D eigenvalue weighted by molar-refractivity contribution is -0.137. The van der Waals surface area contributed by atoms with Crippen LogP contribution in [-0.2, 0) is 6.18 Å². The van der Waals surface area contributed by atoms with Gasteiger partial charge in [0.2, 0.25) is 0 Å². The molecule has 0 atom stereocenters. The van der Waals surface area contributed by atoms with Gasteiger partial charge in [-0.1, -0.05) is 0 Å². The number of hydrazine groups is 1. The summed E-state index contributed by atoms with van der Waals surface area (Å²) in [5.74, 6) is 4.12. The lowest BCUT2D eigenvalue weighted by atomic mass is 10.1. The zero-order valence-electron chi connectivity index (χ0n) is 8.97. The van der Waals surface area contributed by atoms with Gasteiger partial charge >= 0.3 is 6.18 Å². The van der Waals surface area contributed by atoms with Crippen molar-refractivity contribution in [3.05, 3.63) is 29.3 Å². The molecule has 0 aromatic heterocycles. The minimum absolute atomic E-state index is 0.0588. The zero-order chi connectivity index (χ0) is 13.1. The van der Waals surface area contributed by atoms with E-state index in [0.717, 1.165) is 12.1 Å². The van der Waals surface area contributed by atoms with Crippen molar-refractivity contribution in [3.8, 4) is 5.75 Å². The summed E-state index contributed by atoms with van der Waals surface area (Å²) in [6, 6.07) is 2.64. The standard InChI is InChI=1S/C10H11F3N2O2/c1-2-17-8-4-3-6(10(11,12)13)5-7(8)9(16)15-14/h3-5H,2,14H2,1H3,(H,15,16). The van der Waals surface area contributed by atoms with Crippen molar-refractivity contribution in [3.63, 3.8) is 0 Å². The third-order valence-corrected chi connectivity index (χ3v) is 1.98. The average molecular weight is 248 g/mol. The van der Waals surface area contributed by atoms with Crippen LogP contribution < -0.4 is 16.0 Å². The van der Waals surface area contributed by atoms with E-state index in [9.17, 15) is 18.0 Å². The number of ether oxygens (including phenoxy) is 1. The predicted octanol–water partition coefficient (Wildman–Crippen LogP) is 1.71. The summed E-state index contributed by atoms with van der Waals surface area (Å²) in [5, 5.41) is 0. The maximum atomic E-state index is 12.4. The van der Waals surface area contributed by atoms with Crippen LogP contribution in [0.5, 0.6) is 5.75 Å². The summed E-state index contributed by atoms with van der Waals surface area (Å²) in [6.07, 6.45) is -4.52. The molecule has 1 rings (SSSR count). The summed E-state index contributed by atoms with van der Waals surface area (Å²) >= 11 is 0. The van der Waals surface area contributed by atoms with Gasteiger partial charge in [-0.2, -0.15) is 13.2 Å². The number of nitrogens with two attached hydrogens (primary N) is 1. The zero-order valence-corrected chi connectivity index (χ0v) is 8.97. The quantitative estimate of drug-likeness (QED) is 0.486. The SMILES string of the molecule is CCOc1ccc(C(F)(F)F)cc1C(=O)NN. The van der Waals surface area contributed by atoms with Gasteiger partial charge in [-0.05, 0) is 25.1 Å². The van der Waals surface area contributed by atoms with E-state index in [2.05, 4.69) is 0 Å². The second kappa shape index (κ2) is 5.05. The largest absolute Gasteiger partial charge is 0.493 e. The Kier molecular flexibility index (Phi) is 3.95. The number of rotatable bonds is 3. The van der Waals surface area contributed by atoms with Crippen molar-refractivity contribution in [2.75, 3.05) is 6.61 Å². The Labute approximate surface area is 95.5 Å². The van der Waals surface area contributed by atoms with E-state index in [0.29, 0.717) is 6.07 Å². The molecule has 0 bridgehead atoms. The number of halogens is 3. The monoisotopic (exact) mass is 248 g/mol. The average Bonchev–Trinajstić information content (AvgIpc) is 2.27. The number of carbonyl (C=O) groups excluding carboxylic acids is 1. The van der Waals surface area contributed by atoms with E-state index in [-0.39, 0.29) is 17.9 Å². The highest BCUT2D eigenvalue weighted by atomic mass is 19.4. The fourth-order valence-corrected chi connectivity index (χ4v) is 1.24. The third-order valence-electron chi connectivity index (χ3n) is 1.98. The Morgan fingerprint density at radius 3 is 2.59 bits per heavy atom. The van der Waals surface area contributed by atoms with Gasteiger partial charge in [-0.3, -0.25) is 10.2 Å². The molecule has 94 valence electrons. The van der Waals surface area contributed by atoms with Gasteiger partial charge in [-0.15, -0.1) is 0 Å². The Hall–Kier alpha value is -1.76. The van der Waals surface area contributed by atoms with Crippen LogP contribution in [0.1, 0.15) is 22.8 Å². The van der Waals surface area contributed by atoms with Gasteiger partial charge in [0.25, 0.3) is 5.91 Å². The molecular formula is C10H11F3N2O2. The number of hydrogen-bond donors (Lipinski definition) is 2. The van der Waals surface area contributed by atoms with Crippen molar-refractivity contribution >= 4 is 5.91 Å². The molecule has 17 heavy (non-hydrogen) atoms. The Morgan fingerprint density at radius 2 is 2.12 bits per heavy atom. The van der Waals surface area contributed by atoms with Gasteiger partial charge in [0.1, 0.15) is 5.75 Å². The van der Waals surface area contributed by atoms with Crippen molar-refractivity contribution < 1.29 is 22.7 Å². The molecule has 0 unspecified atom stereocenters. The van der Waals surface area contributed by atoms with Gasteiger partial charge in [-0.25, -0.2) is 5.84 Å². The highest BCUT2D eigenvalue weighted by Gasteiger charge is 2.31. The molecule has 0 fully saturated rings. The number of alkyl halides is 3. The van der Waals surface area contributed by atoms with Crippen LogP contribution in [0.3, 0.4) is 0 Å². The molecule has 0 saturated heterocycles. The molecule has 4 nitrogen and oxygen atoms in total. The summed E-state index contributed by atoms with van der Waals surface area (Å²) in [6.45, 7) is 1.89. The minimum atomic E-state index is -4.52. The van der Waals surface area contributed by atoms with Gasteiger partial charge in [0.05, 0.1) is 17.7 Å².